The fourth-order valence-corrected chi connectivity index (χ4v) is 4.91. The molecule has 0 spiro atoms. The van der Waals surface area contributed by atoms with Crippen LogP contribution in [0.25, 0.3) is 0 Å². The number of allylic oxidation sites excluding steroid dienone is 1. The van der Waals surface area contributed by atoms with E-state index in [4.69, 9.17) is 16.3 Å². The monoisotopic (exact) mass is 466 g/mol. The van der Waals surface area contributed by atoms with Gasteiger partial charge < -0.3 is 26.7 Å². The molecule has 1 aromatic heterocycles. The molecule has 1 saturated heterocycles. The van der Waals surface area contributed by atoms with Crippen molar-refractivity contribution in [1.29, 1.82) is 0 Å². The summed E-state index contributed by atoms with van der Waals surface area (Å²) in [6.07, 6.45) is 1.61. The molecule has 3 rings (SSSR count). The molecule has 2 unspecified atom stereocenters. The molecule has 0 radical (unpaired) electrons. The maximum absolute atomic E-state index is 12.9. The van der Waals surface area contributed by atoms with Gasteiger partial charge >= 0.3 is 5.97 Å². The Morgan fingerprint density at radius 2 is 2.32 bits per heavy atom. The number of amides is 2. The van der Waals surface area contributed by atoms with Crippen LogP contribution in [0.5, 0.6) is 0 Å². The molecule has 6 N–H and O–H groups in total. The molecule has 1 fully saturated rings. The lowest BCUT2D eigenvalue weighted by atomic mass is 10.0. The summed E-state index contributed by atoms with van der Waals surface area (Å²) in [5.41, 5.74) is 11.7. The Morgan fingerprint density at radius 3 is 2.87 bits per heavy atom. The van der Waals surface area contributed by atoms with E-state index in [0.717, 1.165) is 16.2 Å². The van der Waals surface area contributed by atoms with Crippen LogP contribution in [0.15, 0.2) is 34.5 Å². The van der Waals surface area contributed by atoms with E-state index >= 15 is 0 Å². The van der Waals surface area contributed by atoms with Crippen LogP contribution in [-0.2, 0) is 19.2 Å². The number of hydrogen-bond acceptors (Lipinski definition) is 10. The van der Waals surface area contributed by atoms with Gasteiger partial charge in [0.25, 0.3) is 11.8 Å². The molecule has 3 heterocycles. The number of carboxylic acid groups (broad SMARTS) is 1. The van der Waals surface area contributed by atoms with Crippen LogP contribution in [0.2, 0.25) is 0 Å². The third-order valence-electron chi connectivity index (χ3n) is 4.72. The molecule has 31 heavy (non-hydrogen) atoms. The van der Waals surface area contributed by atoms with Gasteiger partial charge in [0.2, 0.25) is 0 Å². The van der Waals surface area contributed by atoms with Crippen molar-refractivity contribution in [2.75, 3.05) is 18.0 Å². The first-order valence-electron chi connectivity index (χ1n) is 9.32. The van der Waals surface area contributed by atoms with Crippen LogP contribution < -0.4 is 16.8 Å². The largest absolute Gasteiger partial charge is 0.477 e. The molecule has 0 aromatic carbocycles. The predicted octanol–water partition coefficient (Wildman–Crippen LogP) is 0.108. The third-order valence-corrected chi connectivity index (χ3v) is 6.70. The quantitative estimate of drug-likeness (QED) is 0.224. The molecule has 0 saturated carbocycles. The number of thioether (sulfide) groups is 1. The first kappa shape index (κ1) is 22.8. The Kier molecular flexibility index (Phi) is 6.97. The predicted molar refractivity (Wildman–Crippen MR) is 117 cm³/mol. The molecular weight excluding hydrogens is 444 g/mol. The standard InChI is InChI=1S/C18H22N6O5S2/c1-3-8-6-30-16-12(15(26)24(16)13(8)17(27)28)22-14(25)11(10-7-31-18(20)21-10)23-29-9(4-2)5-19/h3,7,9,12,16H,1,4-6,19H2,2H3,(H2,20,21)(H,22,25)(H,27,28)/t9?,12?,16-/m0/s1. The van der Waals surface area contributed by atoms with E-state index in [-0.39, 0.29) is 28.8 Å². The molecule has 2 aliphatic heterocycles. The van der Waals surface area contributed by atoms with Gasteiger partial charge in [-0.3, -0.25) is 14.5 Å². The Morgan fingerprint density at radius 1 is 1.58 bits per heavy atom. The van der Waals surface area contributed by atoms with Crippen LogP contribution >= 0.6 is 23.1 Å². The number of aromatic nitrogens is 1. The van der Waals surface area contributed by atoms with Gasteiger partial charge in [-0.25, -0.2) is 9.78 Å². The summed E-state index contributed by atoms with van der Waals surface area (Å²) < 4.78 is 0. The third kappa shape index (κ3) is 4.43. The van der Waals surface area contributed by atoms with Crippen molar-refractivity contribution in [3.8, 4) is 0 Å². The van der Waals surface area contributed by atoms with Gasteiger partial charge in [0, 0.05) is 17.7 Å². The number of nitrogens with two attached hydrogens (primary N) is 2. The number of oxime groups is 1. The number of anilines is 1. The topological polar surface area (TPSA) is 173 Å². The highest BCUT2D eigenvalue weighted by atomic mass is 32.2. The lowest BCUT2D eigenvalue weighted by Gasteiger charge is -2.49. The van der Waals surface area contributed by atoms with E-state index in [1.807, 2.05) is 6.92 Å². The van der Waals surface area contributed by atoms with Crippen molar-refractivity contribution in [2.24, 2.45) is 10.9 Å². The van der Waals surface area contributed by atoms with Crippen LogP contribution in [0.1, 0.15) is 19.0 Å². The van der Waals surface area contributed by atoms with Gasteiger partial charge in [-0.15, -0.1) is 23.1 Å². The first-order valence-corrected chi connectivity index (χ1v) is 11.2. The van der Waals surface area contributed by atoms with E-state index in [0.29, 0.717) is 17.7 Å². The summed E-state index contributed by atoms with van der Waals surface area (Å²) in [5.74, 6) is -2.09. The van der Waals surface area contributed by atoms with Crippen molar-refractivity contribution in [3.05, 3.63) is 35.0 Å². The number of nitrogens with one attached hydrogen (secondary N) is 1. The highest BCUT2D eigenvalue weighted by Crippen LogP contribution is 2.40. The number of rotatable bonds is 9. The SMILES string of the molecule is C=CC1=C(C(=O)O)N2C(=O)C(NC(=O)C(=NOC(CC)CN)c3csc(N)n3)[C@@H]2SC1. The van der Waals surface area contributed by atoms with E-state index in [9.17, 15) is 19.5 Å². The normalized spacial score (nSPS) is 21.8. The first-order chi connectivity index (χ1) is 14.8. The second kappa shape index (κ2) is 9.49. The van der Waals surface area contributed by atoms with E-state index in [1.165, 1.54) is 17.8 Å². The maximum atomic E-state index is 12.9. The van der Waals surface area contributed by atoms with Crippen molar-refractivity contribution in [1.82, 2.24) is 15.2 Å². The number of thiazole rings is 1. The van der Waals surface area contributed by atoms with Gasteiger partial charge in [-0.05, 0) is 12.0 Å². The highest BCUT2D eigenvalue weighted by molar-refractivity contribution is 8.00. The Bertz CT molecular complexity index is 970. The number of carbonyl (C=O) groups excluding carboxylic acids is 2. The van der Waals surface area contributed by atoms with Gasteiger partial charge in [0.1, 0.15) is 28.9 Å². The highest BCUT2D eigenvalue weighted by Gasteiger charge is 2.54. The van der Waals surface area contributed by atoms with Crippen molar-refractivity contribution in [3.63, 3.8) is 0 Å². The molecule has 2 amide bonds. The minimum Gasteiger partial charge on any atom is -0.477 e. The van der Waals surface area contributed by atoms with Crippen LogP contribution in [0.3, 0.4) is 0 Å². The molecule has 0 aliphatic carbocycles. The van der Waals surface area contributed by atoms with Gasteiger partial charge in [0.15, 0.2) is 10.8 Å². The summed E-state index contributed by atoms with van der Waals surface area (Å²) in [7, 11) is 0. The number of hydrogen-bond donors (Lipinski definition) is 4. The molecule has 11 nitrogen and oxygen atoms in total. The number of aliphatic carboxylic acids is 1. The van der Waals surface area contributed by atoms with E-state index in [1.54, 1.807) is 5.38 Å². The lowest BCUT2D eigenvalue weighted by molar-refractivity contribution is -0.150. The second-order valence-corrected chi connectivity index (χ2v) is 8.62. The Labute approximate surface area is 186 Å². The number of carbonyl (C=O) groups is 3. The van der Waals surface area contributed by atoms with Crippen LogP contribution in [0.4, 0.5) is 5.13 Å². The summed E-state index contributed by atoms with van der Waals surface area (Å²) in [6.45, 7) is 5.67. The molecule has 13 heteroatoms. The lowest BCUT2D eigenvalue weighted by Crippen LogP contribution is -2.71. The summed E-state index contributed by atoms with van der Waals surface area (Å²) >= 11 is 2.46. The van der Waals surface area contributed by atoms with Gasteiger partial charge in [0.05, 0.1) is 0 Å². The summed E-state index contributed by atoms with van der Waals surface area (Å²) in [4.78, 5) is 47.8. The maximum Gasteiger partial charge on any atom is 0.352 e. The zero-order valence-corrected chi connectivity index (χ0v) is 18.2. The second-order valence-electron chi connectivity index (χ2n) is 6.63. The Balaban J connectivity index is 1.81. The van der Waals surface area contributed by atoms with Gasteiger partial charge in [-0.1, -0.05) is 24.7 Å². The summed E-state index contributed by atoms with van der Waals surface area (Å²) in [6, 6.07) is -0.920. The van der Waals surface area contributed by atoms with Crippen LogP contribution in [0, 0.1) is 0 Å². The number of nitrogens with zero attached hydrogens (tertiary/aromatic N) is 3. The average molecular weight is 467 g/mol. The molecule has 1 aromatic rings. The number of carboxylic acids is 1. The smallest absolute Gasteiger partial charge is 0.352 e. The van der Waals surface area contributed by atoms with Crippen molar-refractivity contribution >= 4 is 51.7 Å². The number of β-lactam (4-membered cyclic amide) rings is 1. The number of fused-ring (bicyclic) bond motifs is 1. The van der Waals surface area contributed by atoms with E-state index < -0.39 is 35.3 Å². The molecule has 0 bridgehead atoms. The molecular formula is C18H22N6O5S2. The average Bonchev–Trinajstić information content (AvgIpc) is 3.19. The molecule has 3 atom stereocenters. The fourth-order valence-electron chi connectivity index (χ4n) is 3.02. The number of nitrogen functional groups attached to an aromatic ring is 1. The van der Waals surface area contributed by atoms with Crippen LogP contribution in [-0.4, -0.2) is 68.3 Å². The zero-order chi connectivity index (χ0) is 22.7. The van der Waals surface area contributed by atoms with Crippen molar-refractivity contribution < 1.29 is 24.3 Å². The zero-order valence-electron chi connectivity index (χ0n) is 16.6. The summed E-state index contributed by atoms with van der Waals surface area (Å²) in [5, 5.41) is 17.3. The van der Waals surface area contributed by atoms with Gasteiger partial charge in [-0.2, -0.15) is 0 Å². The molecule has 166 valence electrons. The fraction of sp³-hybridized carbons (Fsp3) is 0.389. The van der Waals surface area contributed by atoms with Crippen molar-refractivity contribution in [2.45, 2.75) is 30.9 Å². The van der Waals surface area contributed by atoms with E-state index in [2.05, 4.69) is 22.0 Å². The minimum atomic E-state index is -1.22. The Hall–Kier alpha value is -2.90. The minimum absolute atomic E-state index is 0.118. The molecule has 2 aliphatic rings.